The van der Waals surface area contributed by atoms with Crippen LogP contribution >= 0.6 is 0 Å². The van der Waals surface area contributed by atoms with Gasteiger partial charge in [0.25, 0.3) is 5.91 Å². The number of hydrogen-bond acceptors (Lipinski definition) is 8. The molecule has 52 heavy (non-hydrogen) atoms. The molecule has 0 radical (unpaired) electrons. The Kier molecular flexibility index (Phi) is 12.6. The van der Waals surface area contributed by atoms with E-state index in [9.17, 15) is 9.59 Å². The Morgan fingerprint density at radius 1 is 1.06 bits per heavy atom. The number of hydrogen-bond donors (Lipinski definition) is 2. The molecule has 2 amide bonds. The molecule has 2 N–H and O–H groups in total. The van der Waals surface area contributed by atoms with Crippen molar-refractivity contribution in [3.8, 4) is 11.1 Å². The van der Waals surface area contributed by atoms with E-state index in [1.807, 2.05) is 13.8 Å². The highest BCUT2D eigenvalue weighted by molar-refractivity contribution is 6.76. The SMILES string of the molecule is CCc1c(-c2ccc(NC(=O)[C@@H](NC(=O)c3ccnn3CCCOC3CCCCO3)C(C3CC3)C3CC3)nc2F)c(C)nn1COCC[Si](C)(C)C. The van der Waals surface area contributed by atoms with E-state index in [-0.39, 0.29) is 23.9 Å². The summed E-state index contributed by atoms with van der Waals surface area (Å²) < 4.78 is 36.7. The lowest BCUT2D eigenvalue weighted by Crippen LogP contribution is -2.50. The van der Waals surface area contributed by atoms with Crippen molar-refractivity contribution in [1.29, 1.82) is 0 Å². The average molecular weight is 738 g/mol. The molecule has 2 saturated carbocycles. The van der Waals surface area contributed by atoms with Gasteiger partial charge in [-0.2, -0.15) is 14.6 Å². The van der Waals surface area contributed by atoms with Gasteiger partial charge in [0.2, 0.25) is 11.9 Å². The highest BCUT2D eigenvalue weighted by Gasteiger charge is 2.48. The Morgan fingerprint density at radius 2 is 1.83 bits per heavy atom. The zero-order valence-corrected chi connectivity index (χ0v) is 32.5. The third-order valence-corrected chi connectivity index (χ3v) is 12.0. The lowest BCUT2D eigenvalue weighted by Gasteiger charge is -2.27. The molecule has 1 unspecified atom stereocenters. The van der Waals surface area contributed by atoms with Crippen molar-refractivity contribution >= 4 is 25.7 Å². The second-order valence-corrected chi connectivity index (χ2v) is 21.4. The molecule has 0 aromatic carbocycles. The van der Waals surface area contributed by atoms with E-state index >= 15 is 4.39 Å². The van der Waals surface area contributed by atoms with Crippen molar-refractivity contribution < 1.29 is 28.2 Å². The van der Waals surface area contributed by atoms with Gasteiger partial charge in [0.05, 0.1) is 12.3 Å². The molecular formula is C38H56FN7O5Si. The van der Waals surface area contributed by atoms with Crippen molar-refractivity contribution in [1.82, 2.24) is 29.9 Å². The van der Waals surface area contributed by atoms with Gasteiger partial charge in [-0.3, -0.25) is 14.3 Å². The van der Waals surface area contributed by atoms with Crippen LogP contribution in [0.15, 0.2) is 24.4 Å². The standard InChI is InChI=1S/C38H56FN7O5Si/c1-6-29-33(25(2)44-46(29)24-49-22-23-52(3,4)5)28-15-16-31(41-36(28)39)42-38(48)35(34(26-11-12-26)27-13-14-27)43-37(47)30-17-18-40-45(30)19-9-21-51-32-10-7-8-20-50-32/h15-18,26-27,32,34-35H,6-14,19-24H2,1-5H3,(H,43,47)(H,41,42,48)/t32?,35-/m0/s1. The summed E-state index contributed by atoms with van der Waals surface area (Å²) in [6.07, 6.45) is 9.91. The maximum absolute atomic E-state index is 15.8. The Bertz CT molecular complexity index is 1660. The number of nitrogens with one attached hydrogen (secondary N) is 2. The number of halogens is 1. The number of amides is 2. The molecule has 3 aliphatic rings. The highest BCUT2D eigenvalue weighted by atomic mass is 28.3. The smallest absolute Gasteiger partial charge is 0.270 e. The Balaban J connectivity index is 1.12. The summed E-state index contributed by atoms with van der Waals surface area (Å²) in [6, 6.07) is 5.20. The largest absolute Gasteiger partial charge is 0.360 e. The fourth-order valence-corrected chi connectivity index (χ4v) is 8.04. The van der Waals surface area contributed by atoms with Crippen LogP contribution in [0.25, 0.3) is 11.1 Å². The van der Waals surface area contributed by atoms with Crippen LogP contribution in [0, 0.1) is 30.6 Å². The van der Waals surface area contributed by atoms with E-state index in [1.165, 1.54) is 0 Å². The highest BCUT2D eigenvalue weighted by Crippen LogP contribution is 2.51. The summed E-state index contributed by atoms with van der Waals surface area (Å²) in [5.74, 6) is -0.615. The number of nitrogens with zero attached hydrogens (tertiary/aromatic N) is 5. The van der Waals surface area contributed by atoms with Crippen molar-refractivity contribution in [2.24, 2.45) is 17.8 Å². The summed E-state index contributed by atoms with van der Waals surface area (Å²) in [7, 11) is -1.23. The van der Waals surface area contributed by atoms with E-state index in [2.05, 4.69) is 45.5 Å². The summed E-state index contributed by atoms with van der Waals surface area (Å²) in [4.78, 5) is 32.0. The number of pyridine rings is 1. The third-order valence-electron chi connectivity index (χ3n) is 10.3. The minimum atomic E-state index is -1.23. The van der Waals surface area contributed by atoms with Gasteiger partial charge in [0.15, 0.2) is 6.29 Å². The number of aromatic nitrogens is 5. The van der Waals surface area contributed by atoms with Gasteiger partial charge in [-0.15, -0.1) is 0 Å². The van der Waals surface area contributed by atoms with Crippen LogP contribution in [-0.4, -0.2) is 76.6 Å². The van der Waals surface area contributed by atoms with Crippen molar-refractivity contribution in [2.75, 3.05) is 25.1 Å². The van der Waals surface area contributed by atoms with Crippen LogP contribution in [0.4, 0.5) is 10.2 Å². The number of rotatable bonds is 19. The first-order valence-electron chi connectivity index (χ1n) is 19.2. The summed E-state index contributed by atoms with van der Waals surface area (Å²) in [6.45, 7) is 13.5. The van der Waals surface area contributed by atoms with E-state index in [0.29, 0.717) is 73.7 Å². The molecule has 3 fully saturated rings. The Hall–Kier alpha value is -3.46. The molecule has 284 valence electrons. The fourth-order valence-electron chi connectivity index (χ4n) is 7.29. The van der Waals surface area contributed by atoms with Gasteiger partial charge >= 0.3 is 0 Å². The molecule has 12 nitrogen and oxygen atoms in total. The summed E-state index contributed by atoms with van der Waals surface area (Å²) in [5.41, 5.74) is 2.96. The van der Waals surface area contributed by atoms with Gasteiger partial charge in [0.1, 0.15) is 24.3 Å². The zero-order chi connectivity index (χ0) is 36.8. The van der Waals surface area contributed by atoms with Gasteiger partial charge in [-0.25, -0.2) is 9.67 Å². The molecule has 1 aliphatic heterocycles. The molecule has 6 rings (SSSR count). The maximum atomic E-state index is 15.8. The monoisotopic (exact) mass is 737 g/mol. The van der Waals surface area contributed by atoms with E-state index < -0.39 is 26.0 Å². The van der Waals surface area contributed by atoms with E-state index in [0.717, 1.165) is 63.3 Å². The predicted molar refractivity (Wildman–Crippen MR) is 199 cm³/mol. The van der Waals surface area contributed by atoms with Crippen LogP contribution in [0.3, 0.4) is 0 Å². The molecular weight excluding hydrogens is 682 g/mol. The molecule has 2 atom stereocenters. The average Bonchev–Trinajstić information content (AvgIpc) is 4.05. The second-order valence-electron chi connectivity index (χ2n) is 15.8. The molecule has 4 heterocycles. The van der Waals surface area contributed by atoms with Crippen molar-refractivity contribution in [3.63, 3.8) is 0 Å². The van der Waals surface area contributed by atoms with Crippen LogP contribution in [0.1, 0.15) is 80.2 Å². The normalized spacial score (nSPS) is 18.5. The predicted octanol–water partition coefficient (Wildman–Crippen LogP) is 6.57. The minimum absolute atomic E-state index is 0.00176. The van der Waals surface area contributed by atoms with E-state index in [4.69, 9.17) is 14.2 Å². The molecule has 14 heteroatoms. The number of carbonyl (C=O) groups is 2. The quantitative estimate of drug-likeness (QED) is 0.0802. The molecule has 3 aromatic rings. The summed E-state index contributed by atoms with van der Waals surface area (Å²) >= 11 is 0. The topological polar surface area (TPSA) is 134 Å². The molecule has 0 bridgehead atoms. The summed E-state index contributed by atoms with van der Waals surface area (Å²) in [5, 5.41) is 15.0. The maximum Gasteiger partial charge on any atom is 0.270 e. The van der Waals surface area contributed by atoms with Crippen LogP contribution < -0.4 is 10.6 Å². The van der Waals surface area contributed by atoms with Gasteiger partial charge in [0, 0.05) is 50.9 Å². The lowest BCUT2D eigenvalue weighted by atomic mass is 9.88. The van der Waals surface area contributed by atoms with Crippen LogP contribution in [0.2, 0.25) is 25.7 Å². The first-order valence-corrected chi connectivity index (χ1v) is 22.9. The van der Waals surface area contributed by atoms with E-state index in [1.54, 1.807) is 33.8 Å². The lowest BCUT2D eigenvalue weighted by molar-refractivity contribution is -0.163. The van der Waals surface area contributed by atoms with Crippen molar-refractivity contribution in [2.45, 2.75) is 123 Å². The van der Waals surface area contributed by atoms with Crippen LogP contribution in [-0.2, 0) is 38.7 Å². The van der Waals surface area contributed by atoms with Crippen LogP contribution in [0.5, 0.6) is 0 Å². The first kappa shape index (κ1) is 38.3. The fraction of sp³-hybridized carbons (Fsp3) is 0.658. The number of carbonyl (C=O) groups excluding carboxylic acids is 2. The Labute approximate surface area is 307 Å². The van der Waals surface area contributed by atoms with Gasteiger partial charge in [-0.1, -0.05) is 26.6 Å². The number of ether oxygens (including phenoxy) is 3. The molecule has 3 aromatic heterocycles. The molecule has 0 spiro atoms. The van der Waals surface area contributed by atoms with Crippen molar-refractivity contribution in [3.05, 3.63) is 47.4 Å². The third kappa shape index (κ3) is 9.94. The van der Waals surface area contributed by atoms with Gasteiger partial charge < -0.3 is 24.8 Å². The zero-order valence-electron chi connectivity index (χ0n) is 31.5. The number of anilines is 1. The van der Waals surface area contributed by atoms with Gasteiger partial charge in [-0.05, 0) is 107 Å². The number of aryl methyl sites for hydroxylation is 2. The minimum Gasteiger partial charge on any atom is -0.360 e. The first-order chi connectivity index (χ1) is 25.0. The molecule has 2 aliphatic carbocycles. The Morgan fingerprint density at radius 3 is 2.48 bits per heavy atom. The second kappa shape index (κ2) is 17.1. The molecule has 1 saturated heterocycles.